The van der Waals surface area contributed by atoms with Crippen molar-refractivity contribution in [2.24, 2.45) is 0 Å². The van der Waals surface area contributed by atoms with E-state index in [0.29, 0.717) is 0 Å². The molecular weight excluding hydrogens is 346 g/mol. The fourth-order valence-corrected chi connectivity index (χ4v) is 3.73. The van der Waals surface area contributed by atoms with Gasteiger partial charge in [0.15, 0.2) is 23.1 Å². The van der Waals surface area contributed by atoms with Gasteiger partial charge in [0.1, 0.15) is 0 Å². The van der Waals surface area contributed by atoms with Crippen molar-refractivity contribution in [3.8, 4) is 11.5 Å². The van der Waals surface area contributed by atoms with Gasteiger partial charge in [-0.15, -0.1) is 0 Å². The summed E-state index contributed by atoms with van der Waals surface area (Å²) >= 11 is 0. The molecule has 1 aromatic carbocycles. The number of benzene rings is 1. The summed E-state index contributed by atoms with van der Waals surface area (Å²) in [5.74, 6) is 3.09. The largest absolute Gasteiger partial charge is 0.449 e. The first-order chi connectivity index (χ1) is 13.1. The Morgan fingerprint density at radius 2 is 1.21 bits per heavy atom. The van der Waals surface area contributed by atoms with Gasteiger partial charge in [0, 0.05) is 12.4 Å². The summed E-state index contributed by atoms with van der Waals surface area (Å²) in [6.45, 7) is 15.1. The Kier molecular flexibility index (Phi) is 4.18. The lowest BCUT2D eigenvalue weighted by Crippen LogP contribution is -2.21. The molecule has 1 aliphatic heterocycles. The van der Waals surface area contributed by atoms with Gasteiger partial charge in [-0.2, -0.15) is 0 Å². The number of hydrogen-bond donors (Lipinski definition) is 0. The zero-order valence-electron chi connectivity index (χ0n) is 17.7. The van der Waals surface area contributed by atoms with Crippen LogP contribution in [0, 0.1) is 27.7 Å². The molecule has 28 heavy (non-hydrogen) atoms. The minimum absolute atomic E-state index is 0.0968. The van der Waals surface area contributed by atoms with Gasteiger partial charge in [-0.1, -0.05) is 32.9 Å². The van der Waals surface area contributed by atoms with E-state index >= 15 is 0 Å². The Morgan fingerprint density at radius 1 is 0.750 bits per heavy atom. The van der Waals surface area contributed by atoms with Gasteiger partial charge in [-0.05, 0) is 73.1 Å². The number of hydrogen-bond acceptors (Lipinski definition) is 4. The molecule has 0 amide bonds. The Morgan fingerprint density at radius 3 is 1.64 bits per heavy atom. The third kappa shape index (κ3) is 3.03. The lowest BCUT2D eigenvalue weighted by molar-refractivity contribution is 0.470. The van der Waals surface area contributed by atoms with Gasteiger partial charge in [0.25, 0.3) is 0 Å². The van der Waals surface area contributed by atoms with Crippen LogP contribution < -0.4 is 9.64 Å². The molecule has 4 heteroatoms. The number of aryl methyl sites for hydroxylation is 4. The summed E-state index contributed by atoms with van der Waals surface area (Å²) in [4.78, 5) is 11.6. The number of pyridine rings is 2. The van der Waals surface area contributed by atoms with Crippen LogP contribution in [0.5, 0.6) is 11.5 Å². The molecule has 0 unspecified atom stereocenters. The van der Waals surface area contributed by atoms with Crippen molar-refractivity contribution in [3.63, 3.8) is 0 Å². The highest BCUT2D eigenvalue weighted by Crippen LogP contribution is 2.50. The van der Waals surface area contributed by atoms with Crippen LogP contribution in [0.3, 0.4) is 0 Å². The van der Waals surface area contributed by atoms with E-state index in [4.69, 9.17) is 14.7 Å². The minimum atomic E-state index is 0.0968. The summed E-state index contributed by atoms with van der Waals surface area (Å²) in [5, 5.41) is 0. The Labute approximate surface area is 167 Å². The fraction of sp³-hybridized carbons (Fsp3) is 0.333. The summed E-state index contributed by atoms with van der Waals surface area (Å²) in [5.41, 5.74) is 7.08. The molecular formula is C24H27N3O. The molecule has 1 aliphatic rings. The lowest BCUT2D eigenvalue weighted by atomic mass is 9.84. The topological polar surface area (TPSA) is 38.3 Å². The van der Waals surface area contributed by atoms with Gasteiger partial charge >= 0.3 is 0 Å². The summed E-state index contributed by atoms with van der Waals surface area (Å²) in [6.07, 6.45) is 3.76. The summed E-state index contributed by atoms with van der Waals surface area (Å²) < 4.78 is 6.18. The van der Waals surface area contributed by atoms with Crippen LogP contribution in [-0.2, 0) is 5.41 Å². The van der Waals surface area contributed by atoms with Crippen molar-refractivity contribution in [3.05, 3.63) is 64.5 Å². The first-order valence-corrected chi connectivity index (χ1v) is 9.68. The van der Waals surface area contributed by atoms with Crippen LogP contribution in [0.4, 0.5) is 17.3 Å². The number of anilines is 3. The molecule has 0 radical (unpaired) electrons. The molecule has 0 bridgehead atoms. The van der Waals surface area contributed by atoms with E-state index in [1.807, 2.05) is 38.4 Å². The zero-order valence-corrected chi connectivity index (χ0v) is 17.7. The number of ether oxygens (including phenoxy) is 1. The van der Waals surface area contributed by atoms with Gasteiger partial charge in [-0.25, -0.2) is 9.97 Å². The van der Waals surface area contributed by atoms with Gasteiger partial charge in [0.2, 0.25) is 0 Å². The molecule has 0 saturated heterocycles. The Balaban J connectivity index is 1.98. The van der Waals surface area contributed by atoms with Crippen molar-refractivity contribution in [2.45, 2.75) is 53.9 Å². The second-order valence-electron chi connectivity index (χ2n) is 8.81. The minimum Gasteiger partial charge on any atom is -0.449 e. The third-order valence-electron chi connectivity index (χ3n) is 5.16. The average Bonchev–Trinajstić information content (AvgIpc) is 2.59. The van der Waals surface area contributed by atoms with Gasteiger partial charge in [0.05, 0.1) is 5.69 Å². The van der Waals surface area contributed by atoms with Crippen molar-refractivity contribution in [1.82, 2.24) is 9.97 Å². The zero-order chi connectivity index (χ0) is 20.2. The molecule has 4 nitrogen and oxygen atoms in total. The van der Waals surface area contributed by atoms with E-state index in [2.05, 4.69) is 51.7 Å². The van der Waals surface area contributed by atoms with Crippen molar-refractivity contribution < 1.29 is 4.74 Å². The third-order valence-corrected chi connectivity index (χ3v) is 5.16. The predicted molar refractivity (Wildman–Crippen MR) is 114 cm³/mol. The first kappa shape index (κ1) is 18.5. The van der Waals surface area contributed by atoms with E-state index in [1.165, 1.54) is 16.7 Å². The fourth-order valence-electron chi connectivity index (χ4n) is 3.73. The second-order valence-corrected chi connectivity index (χ2v) is 8.81. The highest BCUT2D eigenvalue weighted by molar-refractivity contribution is 5.85. The smallest absolute Gasteiger partial charge is 0.182 e. The highest BCUT2D eigenvalue weighted by atomic mass is 16.5. The van der Waals surface area contributed by atoms with Crippen LogP contribution in [-0.4, -0.2) is 9.97 Å². The SMILES string of the molecule is Cc1cnc2c(c1)Oc1cc(C)cnc1N2c1c(C)cc(C(C)(C)C)cc1C. The standard InChI is InChI=1S/C24H27N3O/c1-14-8-19-22(25-12-14)27(23-20(28-19)9-15(2)13-26-23)21-16(3)10-18(11-17(21)4)24(5,6)7/h8-13H,1-7H3. The molecule has 0 spiro atoms. The maximum Gasteiger partial charge on any atom is 0.182 e. The van der Waals surface area contributed by atoms with E-state index in [1.54, 1.807) is 0 Å². The molecule has 0 aliphatic carbocycles. The van der Waals surface area contributed by atoms with Crippen LogP contribution >= 0.6 is 0 Å². The molecule has 0 N–H and O–H groups in total. The van der Waals surface area contributed by atoms with Crippen LogP contribution in [0.1, 0.15) is 48.6 Å². The predicted octanol–water partition coefficient (Wildman–Crippen LogP) is 6.58. The van der Waals surface area contributed by atoms with E-state index < -0.39 is 0 Å². The molecule has 0 fully saturated rings. The highest BCUT2D eigenvalue weighted by Gasteiger charge is 2.31. The first-order valence-electron chi connectivity index (χ1n) is 9.68. The van der Waals surface area contributed by atoms with Crippen molar-refractivity contribution in [1.29, 1.82) is 0 Å². The van der Waals surface area contributed by atoms with Crippen LogP contribution in [0.25, 0.3) is 0 Å². The van der Waals surface area contributed by atoms with Gasteiger partial charge in [-0.3, -0.25) is 4.90 Å². The molecule has 144 valence electrons. The number of nitrogens with zero attached hydrogens (tertiary/aromatic N) is 3. The van der Waals surface area contributed by atoms with E-state index in [0.717, 1.165) is 39.9 Å². The van der Waals surface area contributed by atoms with Crippen molar-refractivity contribution in [2.75, 3.05) is 4.90 Å². The van der Waals surface area contributed by atoms with E-state index in [-0.39, 0.29) is 5.41 Å². The normalized spacial score (nSPS) is 13.0. The second kappa shape index (κ2) is 6.33. The van der Waals surface area contributed by atoms with E-state index in [9.17, 15) is 0 Å². The average molecular weight is 374 g/mol. The molecule has 3 aromatic rings. The summed E-state index contributed by atoms with van der Waals surface area (Å²) in [7, 11) is 0. The molecule has 0 atom stereocenters. The summed E-state index contributed by atoms with van der Waals surface area (Å²) in [6, 6.07) is 8.63. The van der Waals surface area contributed by atoms with Gasteiger partial charge < -0.3 is 4.74 Å². The number of aromatic nitrogens is 2. The number of fused-ring (bicyclic) bond motifs is 2. The molecule has 2 aromatic heterocycles. The molecule has 0 saturated carbocycles. The monoisotopic (exact) mass is 373 g/mol. The van der Waals surface area contributed by atoms with Crippen LogP contribution in [0.2, 0.25) is 0 Å². The lowest BCUT2D eigenvalue weighted by Gasteiger charge is -2.33. The van der Waals surface area contributed by atoms with Crippen molar-refractivity contribution >= 4 is 17.3 Å². The molecule has 3 heterocycles. The quantitative estimate of drug-likeness (QED) is 0.377. The maximum absolute atomic E-state index is 6.18. The van der Waals surface area contributed by atoms with Crippen LogP contribution in [0.15, 0.2) is 36.7 Å². The number of rotatable bonds is 1. The molecule has 4 rings (SSSR count). The maximum atomic E-state index is 6.18. The Hall–Kier alpha value is -2.88. The Bertz CT molecular complexity index is 1010.